The van der Waals surface area contributed by atoms with Gasteiger partial charge in [-0.25, -0.2) is 9.59 Å². The van der Waals surface area contributed by atoms with Crippen LogP contribution in [0.4, 0.5) is 8.78 Å². The maximum atomic E-state index is 12.8. The van der Waals surface area contributed by atoms with E-state index in [0.717, 1.165) is 6.07 Å². The number of ether oxygens (including phenoxy) is 4. The minimum Gasteiger partial charge on any atom is -0.493 e. The molecule has 0 spiro atoms. The molecule has 8 nitrogen and oxygen atoms in total. The SMILES string of the molecule is CCOC(=O)c1c(C)[nH]c(C(=O)C(C)OC(=O)c2ccc(OC(F)F)c(OC)c2)c1C. The van der Waals surface area contributed by atoms with Crippen LogP contribution in [0.2, 0.25) is 0 Å². The molecule has 0 fully saturated rings. The summed E-state index contributed by atoms with van der Waals surface area (Å²) in [6, 6.07) is 3.51. The summed E-state index contributed by atoms with van der Waals surface area (Å²) in [7, 11) is 1.23. The number of methoxy groups -OCH3 is 1. The van der Waals surface area contributed by atoms with Gasteiger partial charge in [-0.2, -0.15) is 8.78 Å². The number of H-pyrrole nitrogens is 1. The number of carbonyl (C=O) groups is 3. The Bertz CT molecular complexity index is 984. The lowest BCUT2D eigenvalue weighted by atomic mass is 10.1. The lowest BCUT2D eigenvalue weighted by Gasteiger charge is -2.14. The summed E-state index contributed by atoms with van der Waals surface area (Å²) in [6.45, 7) is 3.39. The number of benzene rings is 1. The molecule has 0 saturated heterocycles. The number of aromatic amines is 1. The summed E-state index contributed by atoms with van der Waals surface area (Å²) in [4.78, 5) is 40.2. The minimum absolute atomic E-state index is 0.0234. The smallest absolute Gasteiger partial charge is 0.387 e. The van der Waals surface area contributed by atoms with E-state index < -0.39 is 30.4 Å². The third-order valence-corrected chi connectivity index (χ3v) is 4.43. The molecule has 0 saturated carbocycles. The highest BCUT2D eigenvalue weighted by atomic mass is 19.3. The van der Waals surface area contributed by atoms with Gasteiger partial charge >= 0.3 is 18.6 Å². The van der Waals surface area contributed by atoms with Gasteiger partial charge in [0.15, 0.2) is 17.6 Å². The first kappa shape index (κ1) is 23.8. The highest BCUT2D eigenvalue weighted by Crippen LogP contribution is 2.30. The fourth-order valence-corrected chi connectivity index (χ4v) is 2.98. The average Bonchev–Trinajstić information content (AvgIpc) is 3.01. The summed E-state index contributed by atoms with van der Waals surface area (Å²) < 4.78 is 44.3. The van der Waals surface area contributed by atoms with E-state index in [-0.39, 0.29) is 34.9 Å². The molecule has 0 aliphatic rings. The van der Waals surface area contributed by atoms with Crippen molar-refractivity contribution < 1.29 is 42.1 Å². The molecule has 0 aliphatic carbocycles. The Labute approximate surface area is 177 Å². The normalized spacial score (nSPS) is 11.7. The molecule has 1 atom stereocenters. The number of esters is 2. The second kappa shape index (κ2) is 10.1. The molecular weight excluding hydrogens is 416 g/mol. The monoisotopic (exact) mass is 439 g/mol. The van der Waals surface area contributed by atoms with Crippen molar-refractivity contribution in [2.75, 3.05) is 13.7 Å². The number of rotatable bonds is 9. The Morgan fingerprint density at radius 1 is 1.10 bits per heavy atom. The van der Waals surface area contributed by atoms with Gasteiger partial charge in [-0.3, -0.25) is 4.79 Å². The quantitative estimate of drug-likeness (QED) is 0.468. The molecule has 2 rings (SSSR count). The third-order valence-electron chi connectivity index (χ3n) is 4.43. The Kier molecular flexibility index (Phi) is 7.73. The molecule has 10 heteroatoms. The Morgan fingerprint density at radius 3 is 2.35 bits per heavy atom. The van der Waals surface area contributed by atoms with Gasteiger partial charge in [0.1, 0.15) is 0 Å². The number of Topliss-reactive ketones (excluding diaryl/α,β-unsaturated/α-hetero) is 1. The van der Waals surface area contributed by atoms with Gasteiger partial charge in [-0.05, 0) is 51.5 Å². The van der Waals surface area contributed by atoms with Gasteiger partial charge in [0, 0.05) is 5.69 Å². The Balaban J connectivity index is 2.19. The van der Waals surface area contributed by atoms with Crippen molar-refractivity contribution in [3.8, 4) is 11.5 Å². The van der Waals surface area contributed by atoms with Crippen molar-refractivity contribution in [2.24, 2.45) is 0 Å². The number of hydrogen-bond acceptors (Lipinski definition) is 7. The van der Waals surface area contributed by atoms with Crippen LogP contribution in [-0.2, 0) is 9.47 Å². The number of aryl methyl sites for hydroxylation is 1. The predicted octanol–water partition coefficient (Wildman–Crippen LogP) is 3.85. The van der Waals surface area contributed by atoms with Gasteiger partial charge in [-0.15, -0.1) is 0 Å². The molecule has 1 aromatic carbocycles. The Morgan fingerprint density at radius 2 is 1.77 bits per heavy atom. The zero-order valence-electron chi connectivity index (χ0n) is 17.7. The van der Waals surface area contributed by atoms with Crippen LogP contribution in [0.3, 0.4) is 0 Å². The van der Waals surface area contributed by atoms with E-state index in [9.17, 15) is 23.2 Å². The maximum Gasteiger partial charge on any atom is 0.387 e. The van der Waals surface area contributed by atoms with Crippen molar-refractivity contribution >= 4 is 17.7 Å². The van der Waals surface area contributed by atoms with Crippen LogP contribution in [0, 0.1) is 13.8 Å². The zero-order valence-corrected chi connectivity index (χ0v) is 17.7. The van der Waals surface area contributed by atoms with E-state index in [1.165, 1.54) is 26.2 Å². The van der Waals surface area contributed by atoms with Gasteiger partial charge < -0.3 is 23.9 Å². The highest BCUT2D eigenvalue weighted by Gasteiger charge is 2.28. The standard InChI is InChI=1S/C21H23F2NO7/c1-6-29-20(27)16-10(2)17(24-11(16)3)18(25)12(4)30-19(26)13-7-8-14(31-21(22)23)15(9-13)28-5/h7-9,12,21,24H,6H2,1-5H3. The molecule has 1 heterocycles. The molecule has 31 heavy (non-hydrogen) atoms. The van der Waals surface area contributed by atoms with Crippen molar-refractivity contribution in [3.05, 3.63) is 46.3 Å². The molecule has 1 aromatic heterocycles. The van der Waals surface area contributed by atoms with E-state index in [1.54, 1.807) is 20.8 Å². The van der Waals surface area contributed by atoms with Crippen LogP contribution in [0.5, 0.6) is 11.5 Å². The molecule has 0 radical (unpaired) electrons. The molecular formula is C21H23F2NO7. The van der Waals surface area contributed by atoms with E-state index >= 15 is 0 Å². The van der Waals surface area contributed by atoms with Crippen LogP contribution in [0.1, 0.15) is 56.3 Å². The summed E-state index contributed by atoms with van der Waals surface area (Å²) >= 11 is 0. The maximum absolute atomic E-state index is 12.8. The number of aromatic nitrogens is 1. The number of halogens is 2. The number of alkyl halides is 2. The number of ketones is 1. The first-order valence-electron chi connectivity index (χ1n) is 9.34. The van der Waals surface area contributed by atoms with Crippen LogP contribution in [0.25, 0.3) is 0 Å². The molecule has 0 bridgehead atoms. The molecule has 2 aromatic rings. The lowest BCUT2D eigenvalue weighted by Crippen LogP contribution is -2.25. The van der Waals surface area contributed by atoms with E-state index in [1.807, 2.05) is 0 Å². The van der Waals surface area contributed by atoms with E-state index in [0.29, 0.717) is 11.3 Å². The average molecular weight is 439 g/mol. The lowest BCUT2D eigenvalue weighted by molar-refractivity contribution is -0.0512. The van der Waals surface area contributed by atoms with Crippen LogP contribution in [-0.4, -0.2) is 49.1 Å². The van der Waals surface area contributed by atoms with Gasteiger partial charge in [0.05, 0.1) is 30.5 Å². The van der Waals surface area contributed by atoms with Gasteiger partial charge in [0.2, 0.25) is 5.78 Å². The molecule has 0 aliphatic heterocycles. The van der Waals surface area contributed by atoms with Crippen molar-refractivity contribution in [1.29, 1.82) is 0 Å². The van der Waals surface area contributed by atoms with Gasteiger partial charge in [-0.1, -0.05) is 0 Å². The molecule has 1 unspecified atom stereocenters. The first-order valence-corrected chi connectivity index (χ1v) is 9.34. The highest BCUT2D eigenvalue weighted by molar-refractivity contribution is 6.04. The predicted molar refractivity (Wildman–Crippen MR) is 105 cm³/mol. The number of carbonyl (C=O) groups excluding carboxylic acids is 3. The summed E-state index contributed by atoms with van der Waals surface area (Å²) in [6.07, 6.45) is -1.19. The van der Waals surface area contributed by atoms with Crippen molar-refractivity contribution in [2.45, 2.75) is 40.4 Å². The molecule has 0 amide bonds. The second-order valence-electron chi connectivity index (χ2n) is 6.50. The summed E-state index contributed by atoms with van der Waals surface area (Å²) in [5.74, 6) is -2.31. The van der Waals surface area contributed by atoms with E-state index in [4.69, 9.17) is 14.2 Å². The summed E-state index contributed by atoms with van der Waals surface area (Å²) in [5, 5.41) is 0. The van der Waals surface area contributed by atoms with Crippen LogP contribution >= 0.6 is 0 Å². The fourth-order valence-electron chi connectivity index (χ4n) is 2.98. The second-order valence-corrected chi connectivity index (χ2v) is 6.50. The molecule has 1 N–H and O–H groups in total. The first-order chi connectivity index (χ1) is 14.6. The summed E-state index contributed by atoms with van der Waals surface area (Å²) in [5.41, 5.74) is 1.20. The number of nitrogens with one attached hydrogen (secondary N) is 1. The number of hydrogen-bond donors (Lipinski definition) is 1. The zero-order chi connectivity index (χ0) is 23.3. The topological polar surface area (TPSA) is 104 Å². The van der Waals surface area contributed by atoms with Gasteiger partial charge in [0.25, 0.3) is 0 Å². The largest absolute Gasteiger partial charge is 0.493 e. The Hall–Kier alpha value is -3.43. The van der Waals surface area contributed by atoms with Crippen LogP contribution in [0.15, 0.2) is 18.2 Å². The molecule has 168 valence electrons. The third kappa shape index (κ3) is 5.39. The van der Waals surface area contributed by atoms with E-state index in [2.05, 4.69) is 9.72 Å². The van der Waals surface area contributed by atoms with Crippen LogP contribution < -0.4 is 9.47 Å². The fraction of sp³-hybridized carbons (Fsp3) is 0.381. The van der Waals surface area contributed by atoms with Crippen molar-refractivity contribution in [1.82, 2.24) is 4.98 Å². The minimum atomic E-state index is -3.06. The van der Waals surface area contributed by atoms with Crippen molar-refractivity contribution in [3.63, 3.8) is 0 Å².